The predicted molar refractivity (Wildman–Crippen MR) is 94.8 cm³/mol. The first-order valence-electron chi connectivity index (χ1n) is 8.96. The van der Waals surface area contributed by atoms with Crippen molar-refractivity contribution >= 4 is 5.91 Å². The van der Waals surface area contributed by atoms with Gasteiger partial charge in [0.2, 0.25) is 5.91 Å². The van der Waals surface area contributed by atoms with Gasteiger partial charge in [0.1, 0.15) is 5.82 Å². The Morgan fingerprint density at radius 2 is 2.12 bits per heavy atom. The number of nitrogens with one attached hydrogen (secondary N) is 1. The molecule has 1 aliphatic rings. The summed E-state index contributed by atoms with van der Waals surface area (Å²) < 4.78 is 2.06. The smallest absolute Gasteiger partial charge is 0.220 e. The Labute approximate surface area is 148 Å². The molecule has 3 rings (SSSR count). The molecule has 0 spiro atoms. The number of amides is 1. The van der Waals surface area contributed by atoms with Crippen LogP contribution in [0.2, 0.25) is 0 Å². The van der Waals surface area contributed by atoms with Crippen molar-refractivity contribution in [1.82, 2.24) is 19.9 Å². The molecule has 2 N–H and O–H groups in total. The maximum Gasteiger partial charge on any atom is 0.220 e. The van der Waals surface area contributed by atoms with Crippen LogP contribution in [-0.4, -0.2) is 37.7 Å². The SMILES string of the molecule is Cc1nccn1CCCC(=O)NC(Cc1ccncc1)C1CC(O)C1. The largest absolute Gasteiger partial charge is 0.393 e. The molecular formula is C19H26N4O2. The minimum Gasteiger partial charge on any atom is -0.393 e. The highest BCUT2D eigenvalue weighted by Gasteiger charge is 2.34. The summed E-state index contributed by atoms with van der Waals surface area (Å²) in [5.41, 5.74) is 1.16. The molecule has 2 heterocycles. The quantitative estimate of drug-likeness (QED) is 0.767. The van der Waals surface area contributed by atoms with E-state index in [2.05, 4.69) is 19.9 Å². The second-order valence-electron chi connectivity index (χ2n) is 6.89. The van der Waals surface area contributed by atoms with E-state index in [1.165, 1.54) is 0 Å². The van der Waals surface area contributed by atoms with Crippen molar-refractivity contribution in [1.29, 1.82) is 0 Å². The normalized spacial score (nSPS) is 20.7. The molecule has 25 heavy (non-hydrogen) atoms. The zero-order valence-corrected chi connectivity index (χ0v) is 14.6. The highest BCUT2D eigenvalue weighted by Crippen LogP contribution is 2.31. The first-order chi connectivity index (χ1) is 12.1. The molecule has 6 heteroatoms. The van der Waals surface area contributed by atoms with E-state index in [0.29, 0.717) is 12.3 Å². The summed E-state index contributed by atoms with van der Waals surface area (Å²) in [6, 6.07) is 4.04. The summed E-state index contributed by atoms with van der Waals surface area (Å²) in [6.45, 7) is 2.77. The van der Waals surface area contributed by atoms with E-state index in [4.69, 9.17) is 0 Å². The summed E-state index contributed by atoms with van der Waals surface area (Å²) >= 11 is 0. The van der Waals surface area contributed by atoms with E-state index < -0.39 is 0 Å². The zero-order chi connectivity index (χ0) is 17.6. The molecule has 0 saturated heterocycles. The van der Waals surface area contributed by atoms with Gasteiger partial charge in [0.25, 0.3) is 0 Å². The first-order valence-corrected chi connectivity index (χ1v) is 8.96. The number of carbonyl (C=O) groups excluding carboxylic acids is 1. The lowest BCUT2D eigenvalue weighted by atomic mass is 9.75. The van der Waals surface area contributed by atoms with Gasteiger partial charge >= 0.3 is 0 Å². The van der Waals surface area contributed by atoms with Gasteiger partial charge in [-0.15, -0.1) is 0 Å². The molecule has 1 saturated carbocycles. The van der Waals surface area contributed by atoms with Crippen LogP contribution in [0, 0.1) is 12.8 Å². The van der Waals surface area contributed by atoms with Crippen LogP contribution in [0.1, 0.15) is 37.1 Å². The third-order valence-electron chi connectivity index (χ3n) is 5.00. The van der Waals surface area contributed by atoms with E-state index in [0.717, 1.165) is 43.6 Å². The van der Waals surface area contributed by atoms with Gasteiger partial charge in [0.05, 0.1) is 6.10 Å². The number of aromatic nitrogens is 3. The number of aliphatic hydroxyl groups is 1. The lowest BCUT2D eigenvalue weighted by molar-refractivity contribution is -0.123. The number of nitrogens with zero attached hydrogens (tertiary/aromatic N) is 3. The lowest BCUT2D eigenvalue weighted by Crippen LogP contribution is -2.48. The van der Waals surface area contributed by atoms with Crippen LogP contribution in [-0.2, 0) is 17.8 Å². The van der Waals surface area contributed by atoms with Crippen LogP contribution < -0.4 is 5.32 Å². The Morgan fingerprint density at radius 1 is 1.36 bits per heavy atom. The van der Waals surface area contributed by atoms with Gasteiger partial charge in [-0.1, -0.05) is 0 Å². The van der Waals surface area contributed by atoms with Crippen molar-refractivity contribution in [3.05, 3.63) is 48.3 Å². The van der Waals surface area contributed by atoms with E-state index in [1.807, 2.05) is 25.3 Å². The Bertz CT molecular complexity index is 680. The molecule has 1 fully saturated rings. The van der Waals surface area contributed by atoms with Crippen LogP contribution in [0.4, 0.5) is 0 Å². The standard InChI is InChI=1S/C19H26N4O2/c1-14-21-8-10-23(14)9-2-3-19(25)22-18(16-12-17(24)13-16)11-15-4-6-20-7-5-15/h4-8,10,16-18,24H,2-3,9,11-13H2,1H3,(H,22,25). The molecule has 1 aliphatic carbocycles. The van der Waals surface area contributed by atoms with Crippen LogP contribution in [0.3, 0.4) is 0 Å². The number of imidazole rings is 1. The van der Waals surface area contributed by atoms with Crippen LogP contribution in [0.25, 0.3) is 0 Å². The van der Waals surface area contributed by atoms with E-state index in [1.54, 1.807) is 18.6 Å². The summed E-state index contributed by atoms with van der Waals surface area (Å²) in [5, 5.41) is 12.8. The fourth-order valence-corrected chi connectivity index (χ4v) is 3.40. The molecule has 0 aromatic carbocycles. The Balaban J connectivity index is 1.50. The Kier molecular flexibility index (Phi) is 5.81. The van der Waals surface area contributed by atoms with Gasteiger partial charge in [-0.25, -0.2) is 4.98 Å². The molecule has 1 atom stereocenters. The maximum atomic E-state index is 12.4. The molecule has 0 aliphatic heterocycles. The number of carbonyl (C=O) groups is 1. The van der Waals surface area contributed by atoms with E-state index in [-0.39, 0.29) is 18.1 Å². The molecule has 0 radical (unpaired) electrons. The van der Waals surface area contributed by atoms with Gasteiger partial charge in [-0.3, -0.25) is 9.78 Å². The second kappa shape index (κ2) is 8.25. The van der Waals surface area contributed by atoms with E-state index in [9.17, 15) is 9.90 Å². The lowest BCUT2D eigenvalue weighted by Gasteiger charge is -2.38. The fourth-order valence-electron chi connectivity index (χ4n) is 3.40. The second-order valence-corrected chi connectivity index (χ2v) is 6.89. The van der Waals surface area contributed by atoms with Crippen LogP contribution in [0.15, 0.2) is 36.9 Å². The number of hydrogen-bond donors (Lipinski definition) is 2. The number of aliphatic hydroxyl groups excluding tert-OH is 1. The van der Waals surface area contributed by atoms with Crippen LogP contribution >= 0.6 is 0 Å². The highest BCUT2D eigenvalue weighted by atomic mass is 16.3. The third-order valence-corrected chi connectivity index (χ3v) is 5.00. The zero-order valence-electron chi connectivity index (χ0n) is 14.6. The monoisotopic (exact) mass is 342 g/mol. The molecule has 0 bridgehead atoms. The minimum absolute atomic E-state index is 0.0771. The summed E-state index contributed by atoms with van der Waals surface area (Å²) in [7, 11) is 0. The Hall–Kier alpha value is -2.21. The molecule has 2 aromatic heterocycles. The summed E-state index contributed by atoms with van der Waals surface area (Å²) in [6.07, 6.45) is 10.7. The average molecular weight is 342 g/mol. The highest BCUT2D eigenvalue weighted by molar-refractivity contribution is 5.76. The number of pyridine rings is 1. The van der Waals surface area contributed by atoms with Gasteiger partial charge in [-0.2, -0.15) is 0 Å². The van der Waals surface area contributed by atoms with Gasteiger partial charge in [0, 0.05) is 43.8 Å². The van der Waals surface area contributed by atoms with Crippen molar-refractivity contribution in [3.63, 3.8) is 0 Å². The van der Waals surface area contributed by atoms with Gasteiger partial charge < -0.3 is 15.0 Å². The third kappa shape index (κ3) is 4.89. The molecule has 1 unspecified atom stereocenters. The van der Waals surface area contributed by atoms with Crippen molar-refractivity contribution in [3.8, 4) is 0 Å². The molecule has 6 nitrogen and oxygen atoms in total. The van der Waals surface area contributed by atoms with Crippen molar-refractivity contribution in [2.45, 2.75) is 57.7 Å². The number of rotatable bonds is 8. The molecule has 134 valence electrons. The number of aryl methyl sites for hydroxylation is 2. The molecular weight excluding hydrogens is 316 g/mol. The number of hydrogen-bond acceptors (Lipinski definition) is 4. The van der Waals surface area contributed by atoms with Gasteiger partial charge in [-0.05, 0) is 56.2 Å². The summed E-state index contributed by atoms with van der Waals surface area (Å²) in [5.74, 6) is 1.40. The topological polar surface area (TPSA) is 80.0 Å². The average Bonchev–Trinajstić information content (AvgIpc) is 2.97. The molecule has 2 aromatic rings. The first kappa shape index (κ1) is 17.6. The Morgan fingerprint density at radius 3 is 2.76 bits per heavy atom. The minimum atomic E-state index is -0.217. The van der Waals surface area contributed by atoms with Gasteiger partial charge in [0.15, 0.2) is 0 Å². The molecule has 1 amide bonds. The van der Waals surface area contributed by atoms with E-state index >= 15 is 0 Å². The maximum absolute atomic E-state index is 12.4. The predicted octanol–water partition coefficient (Wildman–Crippen LogP) is 1.87. The fraction of sp³-hybridized carbons (Fsp3) is 0.526. The summed E-state index contributed by atoms with van der Waals surface area (Å²) in [4.78, 5) is 20.6. The van der Waals surface area contributed by atoms with Crippen molar-refractivity contribution in [2.24, 2.45) is 5.92 Å². The van der Waals surface area contributed by atoms with Crippen molar-refractivity contribution < 1.29 is 9.90 Å². The van der Waals surface area contributed by atoms with Crippen molar-refractivity contribution in [2.75, 3.05) is 0 Å². The van der Waals surface area contributed by atoms with Crippen LogP contribution in [0.5, 0.6) is 0 Å².